The van der Waals surface area contributed by atoms with Crippen LogP contribution in [0.5, 0.6) is 0 Å². The molecule has 2 heterocycles. The van der Waals surface area contributed by atoms with Crippen LogP contribution in [-0.2, 0) is 12.3 Å². The first kappa shape index (κ1) is 12.5. The molecule has 2 N–H and O–H groups in total. The third-order valence-corrected chi connectivity index (χ3v) is 4.16. The molecule has 0 spiro atoms. The van der Waals surface area contributed by atoms with Gasteiger partial charge in [0.25, 0.3) is 0 Å². The van der Waals surface area contributed by atoms with Crippen LogP contribution >= 0.6 is 23.1 Å². The minimum Gasteiger partial charge on any atom is -0.324 e. The standard InChI is InChI=1S/C10H15N5S2/c1-7(2)15-8(5-11)13-14-10(15)17-6-9-12-3-4-16-9/h3-4,7H,5-6,11H2,1-2H3. The van der Waals surface area contributed by atoms with Crippen molar-refractivity contribution in [1.29, 1.82) is 0 Å². The van der Waals surface area contributed by atoms with Gasteiger partial charge in [-0.2, -0.15) is 0 Å². The van der Waals surface area contributed by atoms with Gasteiger partial charge in [-0.3, -0.25) is 0 Å². The van der Waals surface area contributed by atoms with Crippen molar-refractivity contribution in [3.8, 4) is 0 Å². The number of nitrogens with zero attached hydrogens (tertiary/aromatic N) is 4. The van der Waals surface area contributed by atoms with Crippen molar-refractivity contribution in [2.75, 3.05) is 0 Å². The number of hydrogen-bond donors (Lipinski definition) is 1. The summed E-state index contributed by atoms with van der Waals surface area (Å²) in [6, 6.07) is 0.322. The van der Waals surface area contributed by atoms with Crippen molar-refractivity contribution in [2.45, 2.75) is 37.3 Å². The molecule has 92 valence electrons. The van der Waals surface area contributed by atoms with E-state index in [0.29, 0.717) is 12.6 Å². The van der Waals surface area contributed by atoms with E-state index in [1.54, 1.807) is 23.1 Å². The van der Waals surface area contributed by atoms with E-state index in [1.165, 1.54) is 0 Å². The summed E-state index contributed by atoms with van der Waals surface area (Å²) in [7, 11) is 0. The Labute approximate surface area is 108 Å². The highest BCUT2D eigenvalue weighted by molar-refractivity contribution is 7.98. The molecule has 2 rings (SSSR count). The molecule has 7 heteroatoms. The molecule has 0 radical (unpaired) electrons. The third kappa shape index (κ3) is 2.85. The Hall–Kier alpha value is -0.920. The van der Waals surface area contributed by atoms with Crippen molar-refractivity contribution >= 4 is 23.1 Å². The fourth-order valence-corrected chi connectivity index (χ4v) is 3.24. The normalized spacial score (nSPS) is 11.3. The molecule has 0 amide bonds. The molecule has 0 fully saturated rings. The molecule has 0 saturated heterocycles. The number of hydrogen-bond acceptors (Lipinski definition) is 6. The Kier molecular flexibility index (Phi) is 4.14. The molecule has 0 aliphatic carbocycles. The lowest BCUT2D eigenvalue weighted by molar-refractivity contribution is 0.526. The zero-order chi connectivity index (χ0) is 12.3. The second-order valence-corrected chi connectivity index (χ2v) is 5.70. The van der Waals surface area contributed by atoms with Gasteiger partial charge in [-0.05, 0) is 13.8 Å². The van der Waals surface area contributed by atoms with E-state index in [9.17, 15) is 0 Å². The lowest BCUT2D eigenvalue weighted by Crippen LogP contribution is -2.11. The molecule has 0 aliphatic rings. The van der Waals surface area contributed by atoms with Crippen molar-refractivity contribution in [3.05, 3.63) is 22.4 Å². The zero-order valence-electron chi connectivity index (χ0n) is 9.83. The summed E-state index contributed by atoms with van der Waals surface area (Å²) < 4.78 is 2.08. The topological polar surface area (TPSA) is 69.6 Å². The summed E-state index contributed by atoms with van der Waals surface area (Å²) in [5, 5.41) is 12.3. The minimum atomic E-state index is 0.322. The van der Waals surface area contributed by atoms with E-state index >= 15 is 0 Å². The van der Waals surface area contributed by atoms with E-state index < -0.39 is 0 Å². The average Bonchev–Trinajstić information content (AvgIpc) is 2.95. The monoisotopic (exact) mass is 269 g/mol. The molecule has 0 aliphatic heterocycles. The van der Waals surface area contributed by atoms with E-state index in [0.717, 1.165) is 21.7 Å². The number of aromatic nitrogens is 4. The molecule has 17 heavy (non-hydrogen) atoms. The Balaban J connectivity index is 2.12. The summed E-state index contributed by atoms with van der Waals surface area (Å²) in [6.07, 6.45) is 1.82. The smallest absolute Gasteiger partial charge is 0.191 e. The molecular weight excluding hydrogens is 254 g/mol. The summed E-state index contributed by atoms with van der Waals surface area (Å²) in [5.74, 6) is 1.66. The zero-order valence-corrected chi connectivity index (χ0v) is 11.5. The summed E-state index contributed by atoms with van der Waals surface area (Å²) in [6.45, 7) is 4.63. The average molecular weight is 269 g/mol. The molecule has 2 aromatic rings. The van der Waals surface area contributed by atoms with Crippen molar-refractivity contribution < 1.29 is 0 Å². The largest absolute Gasteiger partial charge is 0.324 e. The fraction of sp³-hybridized carbons (Fsp3) is 0.500. The van der Waals surface area contributed by atoms with Crippen LogP contribution in [0.1, 0.15) is 30.7 Å². The molecule has 0 atom stereocenters. The predicted molar refractivity (Wildman–Crippen MR) is 70.0 cm³/mol. The highest BCUT2D eigenvalue weighted by Crippen LogP contribution is 2.25. The van der Waals surface area contributed by atoms with Gasteiger partial charge < -0.3 is 10.3 Å². The second kappa shape index (κ2) is 5.61. The first-order chi connectivity index (χ1) is 8.22. The Morgan fingerprint density at radius 2 is 2.29 bits per heavy atom. The second-order valence-electron chi connectivity index (χ2n) is 3.78. The van der Waals surface area contributed by atoms with Crippen LogP contribution in [-0.4, -0.2) is 19.7 Å². The van der Waals surface area contributed by atoms with E-state index in [4.69, 9.17) is 5.73 Å². The molecule has 5 nitrogen and oxygen atoms in total. The van der Waals surface area contributed by atoms with Crippen LogP contribution in [0.4, 0.5) is 0 Å². The van der Waals surface area contributed by atoms with Gasteiger partial charge in [-0.1, -0.05) is 11.8 Å². The van der Waals surface area contributed by atoms with Crippen molar-refractivity contribution in [1.82, 2.24) is 19.7 Å². The number of thiazole rings is 1. The van der Waals surface area contributed by atoms with E-state index in [1.807, 2.05) is 11.6 Å². The summed E-state index contributed by atoms with van der Waals surface area (Å²) in [4.78, 5) is 4.25. The van der Waals surface area contributed by atoms with Gasteiger partial charge in [0, 0.05) is 17.6 Å². The van der Waals surface area contributed by atoms with Gasteiger partial charge in [0.15, 0.2) is 5.16 Å². The maximum atomic E-state index is 5.65. The van der Waals surface area contributed by atoms with Gasteiger partial charge >= 0.3 is 0 Å². The highest BCUT2D eigenvalue weighted by atomic mass is 32.2. The van der Waals surface area contributed by atoms with Crippen LogP contribution < -0.4 is 5.73 Å². The molecule has 0 bridgehead atoms. The Morgan fingerprint density at radius 1 is 1.47 bits per heavy atom. The molecule has 0 saturated carbocycles. The SMILES string of the molecule is CC(C)n1c(CN)nnc1SCc1nccs1. The van der Waals surface area contributed by atoms with Crippen LogP contribution in [0.3, 0.4) is 0 Å². The number of rotatable bonds is 5. The van der Waals surface area contributed by atoms with Gasteiger partial charge in [-0.25, -0.2) is 4.98 Å². The number of nitrogens with two attached hydrogens (primary N) is 1. The molecule has 0 aromatic carbocycles. The van der Waals surface area contributed by atoms with Gasteiger partial charge in [0.2, 0.25) is 0 Å². The van der Waals surface area contributed by atoms with Crippen molar-refractivity contribution in [2.24, 2.45) is 5.73 Å². The first-order valence-corrected chi connectivity index (χ1v) is 7.24. The van der Waals surface area contributed by atoms with E-state index in [2.05, 4.69) is 33.6 Å². The lowest BCUT2D eigenvalue weighted by atomic mass is 10.4. The number of thioether (sulfide) groups is 1. The summed E-state index contributed by atoms with van der Waals surface area (Å²) >= 11 is 3.31. The van der Waals surface area contributed by atoms with Crippen LogP contribution in [0.15, 0.2) is 16.7 Å². The van der Waals surface area contributed by atoms with Crippen LogP contribution in [0.2, 0.25) is 0 Å². The lowest BCUT2D eigenvalue weighted by Gasteiger charge is -2.12. The van der Waals surface area contributed by atoms with Gasteiger partial charge in [0.1, 0.15) is 10.8 Å². The fourth-order valence-electron chi connectivity index (χ4n) is 1.51. The molecular formula is C10H15N5S2. The van der Waals surface area contributed by atoms with Crippen LogP contribution in [0, 0.1) is 0 Å². The van der Waals surface area contributed by atoms with Gasteiger partial charge in [0.05, 0.1) is 12.3 Å². The van der Waals surface area contributed by atoms with E-state index in [-0.39, 0.29) is 0 Å². The third-order valence-electron chi connectivity index (χ3n) is 2.24. The quantitative estimate of drug-likeness (QED) is 0.841. The Bertz CT molecular complexity index is 463. The predicted octanol–water partition coefficient (Wildman–Crippen LogP) is 2.07. The summed E-state index contributed by atoms with van der Waals surface area (Å²) in [5.41, 5.74) is 5.65. The highest BCUT2D eigenvalue weighted by Gasteiger charge is 2.14. The first-order valence-electron chi connectivity index (χ1n) is 5.37. The van der Waals surface area contributed by atoms with Crippen molar-refractivity contribution in [3.63, 3.8) is 0 Å². The Morgan fingerprint density at radius 3 is 2.88 bits per heavy atom. The maximum absolute atomic E-state index is 5.65. The minimum absolute atomic E-state index is 0.322. The molecule has 2 aromatic heterocycles. The van der Waals surface area contributed by atoms with Gasteiger partial charge in [-0.15, -0.1) is 21.5 Å². The van der Waals surface area contributed by atoms with Crippen LogP contribution in [0.25, 0.3) is 0 Å². The molecule has 0 unspecified atom stereocenters. The maximum Gasteiger partial charge on any atom is 0.191 e.